The largest absolute Gasteiger partial charge is 0.475 e. The Hall–Kier alpha value is -6.08. The van der Waals surface area contributed by atoms with Crippen molar-refractivity contribution >= 4 is 63.7 Å². The van der Waals surface area contributed by atoms with Crippen molar-refractivity contribution in [1.82, 2.24) is 25.5 Å². The number of ether oxygens (including phenoxy) is 3. The van der Waals surface area contributed by atoms with Crippen LogP contribution < -0.4 is 25.2 Å². The van der Waals surface area contributed by atoms with Crippen molar-refractivity contribution in [3.8, 4) is 22.4 Å². The molecule has 68 heavy (non-hydrogen) atoms. The van der Waals surface area contributed by atoms with Gasteiger partial charge in [-0.2, -0.15) is 18.4 Å². The van der Waals surface area contributed by atoms with Crippen LogP contribution in [0.2, 0.25) is 0 Å². The molecule has 1 unspecified atom stereocenters. The lowest BCUT2D eigenvalue weighted by Gasteiger charge is -2.35. The van der Waals surface area contributed by atoms with E-state index in [9.17, 15) is 32.3 Å². The Morgan fingerprint density at radius 1 is 1.03 bits per heavy atom. The number of anilines is 2. The van der Waals surface area contributed by atoms with Crippen molar-refractivity contribution < 1.29 is 51.0 Å². The summed E-state index contributed by atoms with van der Waals surface area (Å²) in [6.07, 6.45) is -2.70. The van der Waals surface area contributed by atoms with Crippen LogP contribution in [0, 0.1) is 36.4 Å². The number of hydrogen-bond acceptors (Lipinski definition) is 12. The zero-order chi connectivity index (χ0) is 49.7. The molecule has 2 saturated heterocycles. The number of amides is 4. The lowest BCUT2D eigenvalue weighted by Crippen LogP contribution is -2.58. The van der Waals surface area contributed by atoms with Gasteiger partial charge in [-0.3, -0.25) is 24.1 Å². The van der Waals surface area contributed by atoms with Gasteiger partial charge in [0.25, 0.3) is 5.91 Å². The van der Waals surface area contributed by atoms with E-state index in [1.807, 2.05) is 52.0 Å². The van der Waals surface area contributed by atoms with Gasteiger partial charge in [0.05, 0.1) is 65.1 Å². The number of alkyl halides is 3. The molecular weight excluding hydrogens is 929 g/mol. The van der Waals surface area contributed by atoms with Gasteiger partial charge in [-0.15, -0.1) is 11.3 Å². The highest BCUT2D eigenvalue weighted by Crippen LogP contribution is 2.42. The molecule has 2 aromatic heterocycles. The second-order valence-corrected chi connectivity index (χ2v) is 19.0. The van der Waals surface area contributed by atoms with Crippen LogP contribution >= 0.6 is 23.6 Å². The normalized spacial score (nSPS) is 16.5. The molecule has 2 aromatic carbocycles. The van der Waals surface area contributed by atoms with Gasteiger partial charge < -0.3 is 34.6 Å². The van der Waals surface area contributed by atoms with Gasteiger partial charge >= 0.3 is 6.18 Å². The predicted octanol–water partition coefficient (Wildman–Crippen LogP) is 7.02. The van der Waals surface area contributed by atoms with E-state index in [-0.39, 0.29) is 55.8 Å². The maximum atomic E-state index is 15.4. The highest BCUT2D eigenvalue weighted by atomic mass is 32.1. The van der Waals surface area contributed by atoms with Crippen LogP contribution in [-0.4, -0.2) is 101 Å². The number of hydrogen-bond donors (Lipinski definition) is 2. The highest BCUT2D eigenvalue weighted by Gasteiger charge is 2.52. The molecule has 0 spiro atoms. The molecule has 21 heteroatoms. The number of rotatable bonds is 17. The number of nitrogens with one attached hydrogen (secondary N) is 2. The number of nitriles is 1. The van der Waals surface area contributed by atoms with Crippen LogP contribution in [0.3, 0.4) is 0 Å². The SMILES string of the molecule is Cc1cc(N2C(=S)N(c3ccc(C#N)c(C(F)(F)F)c3F)C(=O)C2(C)C)cnc1OCCOCCOCC(=O)N[C@H](C(=O)N1CCCC1C(=O)NCc1ccc(-c2scnc2C)cc1)C(C)(C)C. The van der Waals surface area contributed by atoms with Crippen LogP contribution in [0.1, 0.15) is 75.4 Å². The van der Waals surface area contributed by atoms with Gasteiger partial charge in [0, 0.05) is 18.7 Å². The molecule has 0 bridgehead atoms. The molecule has 0 aliphatic carbocycles. The Morgan fingerprint density at radius 3 is 2.35 bits per heavy atom. The fourth-order valence-electron chi connectivity index (χ4n) is 7.93. The summed E-state index contributed by atoms with van der Waals surface area (Å²) in [6, 6.07) is 11.0. The first-order valence-electron chi connectivity index (χ1n) is 21.7. The number of aryl methyl sites for hydroxylation is 2. The topological polar surface area (TPSA) is 179 Å². The van der Waals surface area contributed by atoms with Crippen LogP contribution in [-0.2, 0) is 41.4 Å². The third-order valence-electron chi connectivity index (χ3n) is 11.5. The van der Waals surface area contributed by atoms with E-state index in [4.69, 9.17) is 31.7 Å². The lowest BCUT2D eigenvalue weighted by atomic mass is 9.85. The van der Waals surface area contributed by atoms with Crippen molar-refractivity contribution in [2.75, 3.05) is 49.4 Å². The Bertz CT molecular complexity index is 2590. The number of carbonyl (C=O) groups excluding carboxylic acids is 4. The van der Waals surface area contributed by atoms with Crippen molar-refractivity contribution in [2.24, 2.45) is 5.41 Å². The standard InChI is InChI=1S/C47H52F4N8O7S2/c1-27-21-32(59-44(67)58(43(63)46(59,6)7)33-15-14-31(22-52)36(37(33)48)47(49,50)51)24-54-41(27)66-20-19-64-17-18-65-25-35(60)56-39(45(3,4)5)42(62)57-16-8-9-34(57)40(61)53-23-29-10-12-30(13-11-29)38-28(2)55-26-68-38/h10-15,21,24,26,34,39H,8-9,16-20,23,25H2,1-7H3,(H,53,61)(H,56,60)/t34?,39-/m1/s1. The molecule has 2 N–H and O–H groups in total. The van der Waals surface area contributed by atoms with Crippen molar-refractivity contribution in [1.29, 1.82) is 5.26 Å². The number of aromatic nitrogens is 2. The summed E-state index contributed by atoms with van der Waals surface area (Å²) in [5.41, 5.74) is -0.0692. The zero-order valence-electron chi connectivity index (χ0n) is 38.6. The average molecular weight is 981 g/mol. The predicted molar refractivity (Wildman–Crippen MR) is 249 cm³/mol. The Morgan fingerprint density at radius 2 is 1.72 bits per heavy atom. The molecule has 2 atom stereocenters. The van der Waals surface area contributed by atoms with E-state index in [0.717, 1.165) is 33.8 Å². The van der Waals surface area contributed by atoms with Gasteiger partial charge in [0.1, 0.15) is 36.4 Å². The number of benzene rings is 2. The number of halogens is 4. The van der Waals surface area contributed by atoms with E-state index < -0.39 is 63.7 Å². The Kier molecular flexibility index (Phi) is 15.9. The van der Waals surface area contributed by atoms with Gasteiger partial charge in [-0.05, 0) is 87.5 Å². The van der Waals surface area contributed by atoms with Gasteiger partial charge in [-0.1, -0.05) is 45.0 Å². The molecule has 4 aromatic rings. The first-order valence-corrected chi connectivity index (χ1v) is 23.0. The Balaban J connectivity index is 0.934. The van der Waals surface area contributed by atoms with E-state index in [1.165, 1.54) is 31.0 Å². The molecule has 4 heterocycles. The maximum absolute atomic E-state index is 15.4. The fourth-order valence-corrected chi connectivity index (χ4v) is 9.26. The average Bonchev–Trinajstić information content (AvgIpc) is 3.99. The van der Waals surface area contributed by atoms with Gasteiger partial charge in [0.2, 0.25) is 23.6 Å². The molecule has 15 nitrogen and oxygen atoms in total. The number of thiocarbonyl (C=S) groups is 1. The minimum atomic E-state index is -5.21. The summed E-state index contributed by atoms with van der Waals surface area (Å²) in [5.74, 6) is -3.48. The van der Waals surface area contributed by atoms with Crippen molar-refractivity contribution in [3.05, 3.63) is 87.9 Å². The molecule has 2 fully saturated rings. The number of nitrogens with zero attached hydrogens (tertiary/aromatic N) is 6. The molecule has 4 amide bonds. The van der Waals surface area contributed by atoms with Crippen LogP contribution in [0.4, 0.5) is 28.9 Å². The number of likely N-dealkylation sites (tertiary alicyclic amines) is 1. The third-order valence-corrected chi connectivity index (χ3v) is 12.8. The Labute approximate surface area is 400 Å². The van der Waals surface area contributed by atoms with Gasteiger partial charge in [-0.25, -0.2) is 14.4 Å². The molecule has 6 rings (SSSR count). The maximum Gasteiger partial charge on any atom is 0.420 e. The number of carbonyl (C=O) groups is 4. The molecular formula is C47H52F4N8O7S2. The summed E-state index contributed by atoms with van der Waals surface area (Å²) in [7, 11) is 0. The quantitative estimate of drug-likeness (QED) is 0.0629. The summed E-state index contributed by atoms with van der Waals surface area (Å²) < 4.78 is 73.6. The number of thiazole rings is 1. The molecule has 0 saturated carbocycles. The van der Waals surface area contributed by atoms with Crippen LogP contribution in [0.5, 0.6) is 5.88 Å². The number of pyridine rings is 1. The summed E-state index contributed by atoms with van der Waals surface area (Å²) in [6.45, 7) is 12.8. The minimum absolute atomic E-state index is 0.0562. The molecule has 2 aliphatic heterocycles. The smallest absolute Gasteiger partial charge is 0.420 e. The molecule has 362 valence electrons. The zero-order valence-corrected chi connectivity index (χ0v) is 40.2. The van der Waals surface area contributed by atoms with Crippen LogP contribution in [0.15, 0.2) is 54.2 Å². The first kappa shape index (κ1) is 51.3. The molecule has 0 radical (unpaired) electrons. The summed E-state index contributed by atoms with van der Waals surface area (Å²) >= 11 is 7.09. The van der Waals surface area contributed by atoms with Crippen molar-refractivity contribution in [2.45, 2.75) is 91.7 Å². The lowest BCUT2D eigenvalue weighted by molar-refractivity contribution is -0.144. The van der Waals surface area contributed by atoms with Crippen LogP contribution in [0.25, 0.3) is 10.4 Å². The monoisotopic (exact) mass is 980 g/mol. The summed E-state index contributed by atoms with van der Waals surface area (Å²) in [4.78, 5) is 67.2. The second kappa shape index (κ2) is 21.1. The minimum Gasteiger partial charge on any atom is -0.475 e. The second-order valence-electron chi connectivity index (χ2n) is 17.8. The van der Waals surface area contributed by atoms with Gasteiger partial charge in [0.15, 0.2) is 10.9 Å². The van der Waals surface area contributed by atoms with E-state index in [0.29, 0.717) is 42.1 Å². The van der Waals surface area contributed by atoms with E-state index >= 15 is 4.39 Å². The molecule has 2 aliphatic rings. The highest BCUT2D eigenvalue weighted by molar-refractivity contribution is 7.81. The van der Waals surface area contributed by atoms with E-state index in [1.54, 1.807) is 34.7 Å². The van der Waals surface area contributed by atoms with Crippen molar-refractivity contribution in [3.63, 3.8) is 0 Å². The third kappa shape index (κ3) is 11.3. The van der Waals surface area contributed by atoms with E-state index in [2.05, 4.69) is 20.6 Å². The fraction of sp³-hybridized carbons (Fsp3) is 0.447. The summed E-state index contributed by atoms with van der Waals surface area (Å²) in [5, 5.41) is 14.7. The first-order chi connectivity index (χ1) is 32.1.